The molecule has 2 amide bonds. The van der Waals surface area contributed by atoms with E-state index in [0.29, 0.717) is 35.1 Å². The second kappa shape index (κ2) is 7.02. The molecule has 4 heteroatoms. The molecule has 0 radical (unpaired) electrons. The summed E-state index contributed by atoms with van der Waals surface area (Å²) in [5, 5.41) is 0. The van der Waals surface area contributed by atoms with Crippen molar-refractivity contribution >= 4 is 11.8 Å². The summed E-state index contributed by atoms with van der Waals surface area (Å²) in [5.41, 5.74) is 6.16. The molecule has 4 rings (SSSR count). The first kappa shape index (κ1) is 20.2. The van der Waals surface area contributed by atoms with Gasteiger partial charge in [0.1, 0.15) is 0 Å². The van der Waals surface area contributed by atoms with Crippen molar-refractivity contribution in [2.45, 2.75) is 91.0 Å². The first-order valence-corrected chi connectivity index (χ1v) is 11.7. The Morgan fingerprint density at radius 1 is 1.11 bits per heavy atom. The van der Waals surface area contributed by atoms with Crippen LogP contribution in [0.25, 0.3) is 0 Å². The van der Waals surface area contributed by atoms with Crippen LogP contribution < -0.4 is 5.73 Å². The number of carbonyl (C=O) groups is 2. The highest BCUT2D eigenvalue weighted by Crippen LogP contribution is 2.67. The number of piperidine rings is 1. The third-order valence-corrected chi connectivity index (χ3v) is 10.2. The highest BCUT2D eigenvalue weighted by atomic mass is 16.2. The maximum absolute atomic E-state index is 12.3. The van der Waals surface area contributed by atoms with E-state index in [0.717, 1.165) is 42.9 Å². The van der Waals surface area contributed by atoms with Crippen molar-refractivity contribution in [1.29, 1.82) is 0 Å². The van der Waals surface area contributed by atoms with Gasteiger partial charge in [-0.3, -0.25) is 9.59 Å². The number of likely N-dealkylation sites (tertiary alicyclic amines) is 1. The van der Waals surface area contributed by atoms with E-state index in [2.05, 4.69) is 25.7 Å². The van der Waals surface area contributed by atoms with Crippen LogP contribution >= 0.6 is 0 Å². The van der Waals surface area contributed by atoms with Crippen molar-refractivity contribution in [3.8, 4) is 0 Å². The van der Waals surface area contributed by atoms with E-state index < -0.39 is 0 Å². The van der Waals surface area contributed by atoms with Crippen LogP contribution in [-0.4, -0.2) is 29.8 Å². The Morgan fingerprint density at radius 2 is 1.82 bits per heavy atom. The van der Waals surface area contributed by atoms with Crippen LogP contribution in [0.3, 0.4) is 0 Å². The van der Waals surface area contributed by atoms with Crippen LogP contribution in [-0.2, 0) is 9.59 Å². The zero-order chi connectivity index (χ0) is 20.3. The quantitative estimate of drug-likeness (QED) is 0.777. The molecule has 3 aliphatic carbocycles. The number of rotatable bonds is 4. The lowest BCUT2D eigenvalue weighted by atomic mass is 9.46. The molecule has 7 unspecified atom stereocenters. The van der Waals surface area contributed by atoms with Crippen LogP contribution in [0.15, 0.2) is 0 Å². The standard InChI is InChI=1S/C24H40N2O2/c1-15(5-10-21(25)27)17-7-8-18-16-6-9-20-24(3,14-12-22(28)26(20)4)19(16)11-13-23(17,18)2/h15-20H,5-14H2,1-4H3,(H2,25,27)/t15-,16?,17?,18?,19?,20?,23?,24?/m1/s1. The molecule has 4 nitrogen and oxygen atoms in total. The summed E-state index contributed by atoms with van der Waals surface area (Å²) in [6, 6.07) is 0.450. The zero-order valence-electron chi connectivity index (χ0n) is 18.4. The molecule has 0 aromatic heterocycles. The normalized spacial score (nSPS) is 46.5. The second-order valence-corrected chi connectivity index (χ2v) is 11.2. The number of nitrogens with zero attached hydrogens (tertiary/aromatic N) is 1. The van der Waals surface area contributed by atoms with E-state index in [1.165, 1.54) is 38.5 Å². The Balaban J connectivity index is 1.53. The van der Waals surface area contributed by atoms with Gasteiger partial charge in [0.25, 0.3) is 0 Å². The number of hydrogen-bond donors (Lipinski definition) is 1. The number of hydrogen-bond acceptors (Lipinski definition) is 2. The maximum Gasteiger partial charge on any atom is 0.222 e. The van der Waals surface area contributed by atoms with E-state index in [9.17, 15) is 9.59 Å². The van der Waals surface area contributed by atoms with E-state index >= 15 is 0 Å². The first-order valence-electron chi connectivity index (χ1n) is 11.7. The number of carbonyl (C=O) groups excluding carboxylic acids is 2. The molecule has 28 heavy (non-hydrogen) atoms. The lowest BCUT2D eigenvalue weighted by Crippen LogP contribution is -2.61. The van der Waals surface area contributed by atoms with Crippen LogP contribution in [0.1, 0.15) is 85.0 Å². The Morgan fingerprint density at radius 3 is 2.54 bits per heavy atom. The molecule has 158 valence electrons. The predicted molar refractivity (Wildman–Crippen MR) is 111 cm³/mol. The van der Waals surface area contributed by atoms with Crippen LogP contribution in [0.5, 0.6) is 0 Å². The molecule has 1 aliphatic heterocycles. The highest BCUT2D eigenvalue weighted by molar-refractivity contribution is 5.77. The monoisotopic (exact) mass is 388 g/mol. The Bertz CT molecular complexity index is 649. The fraction of sp³-hybridized carbons (Fsp3) is 0.917. The van der Waals surface area contributed by atoms with Gasteiger partial charge in [0.15, 0.2) is 0 Å². The summed E-state index contributed by atoms with van der Waals surface area (Å²) in [4.78, 5) is 25.7. The summed E-state index contributed by atoms with van der Waals surface area (Å²) < 4.78 is 0. The molecule has 4 fully saturated rings. The molecule has 0 spiro atoms. The van der Waals surface area contributed by atoms with Gasteiger partial charge in [-0.25, -0.2) is 0 Å². The number of amides is 2. The summed E-state index contributed by atoms with van der Waals surface area (Å²) in [6.45, 7) is 7.42. The van der Waals surface area contributed by atoms with Crippen LogP contribution in [0.2, 0.25) is 0 Å². The topological polar surface area (TPSA) is 63.4 Å². The predicted octanol–water partition coefficient (Wildman–Crippen LogP) is 4.37. The van der Waals surface area contributed by atoms with Crippen molar-refractivity contribution in [2.75, 3.05) is 7.05 Å². The third kappa shape index (κ3) is 2.92. The average Bonchev–Trinajstić information content (AvgIpc) is 3.00. The van der Waals surface area contributed by atoms with E-state index in [-0.39, 0.29) is 5.91 Å². The SMILES string of the molecule is C[C@H](CCC(N)=O)C1CCC2C3CCC4N(C)C(=O)CCC4(C)C3CCC21C. The third-order valence-electron chi connectivity index (χ3n) is 10.2. The fourth-order valence-electron chi connectivity index (χ4n) is 8.70. The molecule has 2 N–H and O–H groups in total. The number of fused-ring (bicyclic) bond motifs is 5. The van der Waals surface area contributed by atoms with E-state index in [1.807, 2.05) is 7.05 Å². The summed E-state index contributed by atoms with van der Waals surface area (Å²) in [5.74, 6) is 3.95. The van der Waals surface area contributed by atoms with Crippen LogP contribution in [0.4, 0.5) is 0 Å². The van der Waals surface area contributed by atoms with Gasteiger partial charge in [-0.05, 0) is 91.8 Å². The maximum atomic E-state index is 12.3. The molecule has 8 atom stereocenters. The molecule has 3 saturated carbocycles. The van der Waals surface area contributed by atoms with E-state index in [4.69, 9.17) is 5.73 Å². The summed E-state index contributed by atoms with van der Waals surface area (Å²) >= 11 is 0. The van der Waals surface area contributed by atoms with Gasteiger partial charge in [-0.1, -0.05) is 20.8 Å². The van der Waals surface area contributed by atoms with Gasteiger partial charge in [-0.2, -0.15) is 0 Å². The Hall–Kier alpha value is -1.06. The van der Waals surface area contributed by atoms with Gasteiger partial charge in [0, 0.05) is 25.9 Å². The molecular weight excluding hydrogens is 348 g/mol. The Labute approximate surface area is 171 Å². The Kier molecular flexibility index (Phi) is 5.07. The van der Waals surface area contributed by atoms with E-state index in [1.54, 1.807) is 0 Å². The molecule has 0 aromatic carbocycles. The van der Waals surface area contributed by atoms with Gasteiger partial charge in [0.05, 0.1) is 0 Å². The molecule has 0 aromatic rings. The minimum absolute atomic E-state index is 0.155. The van der Waals surface area contributed by atoms with Crippen molar-refractivity contribution in [3.63, 3.8) is 0 Å². The largest absolute Gasteiger partial charge is 0.370 e. The molecular formula is C24H40N2O2. The minimum atomic E-state index is -0.155. The summed E-state index contributed by atoms with van der Waals surface area (Å²) in [7, 11) is 2.05. The summed E-state index contributed by atoms with van der Waals surface area (Å²) in [6.07, 6.45) is 11.1. The van der Waals surface area contributed by atoms with Gasteiger partial charge < -0.3 is 10.6 Å². The van der Waals surface area contributed by atoms with Crippen LogP contribution in [0, 0.1) is 40.4 Å². The minimum Gasteiger partial charge on any atom is -0.370 e. The molecule has 0 bridgehead atoms. The van der Waals surface area contributed by atoms with Gasteiger partial charge in [-0.15, -0.1) is 0 Å². The zero-order valence-corrected chi connectivity index (χ0v) is 18.4. The van der Waals surface area contributed by atoms with Crippen molar-refractivity contribution in [3.05, 3.63) is 0 Å². The van der Waals surface area contributed by atoms with Crippen molar-refractivity contribution in [2.24, 2.45) is 46.2 Å². The first-order chi connectivity index (χ1) is 13.2. The van der Waals surface area contributed by atoms with Crippen molar-refractivity contribution in [1.82, 2.24) is 4.90 Å². The number of nitrogens with two attached hydrogens (primary N) is 1. The lowest BCUT2D eigenvalue weighted by Gasteiger charge is -2.62. The average molecular weight is 389 g/mol. The number of primary amides is 1. The smallest absolute Gasteiger partial charge is 0.222 e. The lowest BCUT2D eigenvalue weighted by molar-refractivity contribution is -0.158. The highest BCUT2D eigenvalue weighted by Gasteiger charge is 2.61. The molecule has 4 aliphatic rings. The van der Waals surface area contributed by atoms with Gasteiger partial charge in [0.2, 0.25) is 11.8 Å². The molecule has 1 saturated heterocycles. The van der Waals surface area contributed by atoms with Gasteiger partial charge >= 0.3 is 0 Å². The fourth-order valence-corrected chi connectivity index (χ4v) is 8.70. The molecule has 1 heterocycles. The second-order valence-electron chi connectivity index (χ2n) is 11.2. The van der Waals surface area contributed by atoms with Crippen molar-refractivity contribution < 1.29 is 9.59 Å².